The van der Waals surface area contributed by atoms with Gasteiger partial charge in [0.1, 0.15) is 17.0 Å². The Bertz CT molecular complexity index is 3770. The van der Waals surface area contributed by atoms with Crippen molar-refractivity contribution in [3.05, 3.63) is 234 Å². The van der Waals surface area contributed by atoms with Crippen LogP contribution < -0.4 is 5.32 Å². The highest BCUT2D eigenvalue weighted by molar-refractivity contribution is 6.27. The summed E-state index contributed by atoms with van der Waals surface area (Å²) in [4.78, 5) is 10.7. The van der Waals surface area contributed by atoms with Crippen LogP contribution in [0.4, 0.5) is 0 Å². The molecule has 1 aliphatic carbocycles. The Morgan fingerprint density at radius 3 is 1.97 bits per heavy atom. The summed E-state index contributed by atoms with van der Waals surface area (Å²) in [5.41, 5.74) is 16.3. The second-order valence-corrected chi connectivity index (χ2v) is 17.2. The van der Waals surface area contributed by atoms with Gasteiger partial charge in [-0.1, -0.05) is 182 Å². The van der Waals surface area contributed by atoms with Crippen molar-refractivity contribution in [2.24, 2.45) is 4.99 Å². The maximum atomic E-state index is 6.71. The van der Waals surface area contributed by atoms with Gasteiger partial charge in [0.05, 0.1) is 22.9 Å². The summed E-state index contributed by atoms with van der Waals surface area (Å²) in [6, 6.07) is 69.1. The highest BCUT2D eigenvalue weighted by Crippen LogP contribution is 2.47. The molecule has 0 saturated heterocycles. The molecule has 3 heterocycles. The molecule has 0 saturated carbocycles. The number of fused-ring (bicyclic) bond motifs is 9. The first kappa shape index (κ1) is 37.2. The van der Waals surface area contributed by atoms with E-state index in [1.807, 2.05) is 6.07 Å². The zero-order chi connectivity index (χ0) is 42.8. The Hall–Kier alpha value is -8.34. The van der Waals surface area contributed by atoms with Crippen LogP contribution in [0.25, 0.3) is 99.7 Å². The molecule has 0 amide bonds. The monoisotopic (exact) mass is 831 g/mol. The van der Waals surface area contributed by atoms with Gasteiger partial charge >= 0.3 is 0 Å². The smallest absolute Gasteiger partial charge is 0.136 e. The van der Waals surface area contributed by atoms with Gasteiger partial charge in [0, 0.05) is 43.6 Å². The number of aliphatic imine (C=N–C) groups is 1. The number of hydrogen-bond donors (Lipinski definition) is 1. The second-order valence-electron chi connectivity index (χ2n) is 17.2. The Morgan fingerprint density at radius 1 is 0.508 bits per heavy atom. The lowest BCUT2D eigenvalue weighted by Crippen LogP contribution is -2.31. The quantitative estimate of drug-likeness (QED) is 0.170. The molecule has 0 bridgehead atoms. The fraction of sp³-hybridized carbons (Fsp3) is 0.0492. The van der Waals surface area contributed by atoms with Gasteiger partial charge in [-0.15, -0.1) is 0 Å². The summed E-state index contributed by atoms with van der Waals surface area (Å²) < 4.78 is 6.71. The van der Waals surface area contributed by atoms with Crippen LogP contribution >= 0.6 is 0 Å². The number of allylic oxidation sites excluding steroid dienone is 1. The minimum atomic E-state index is -0.0871. The Balaban J connectivity index is 0.985. The molecule has 1 aliphatic heterocycles. The number of benzene rings is 9. The maximum Gasteiger partial charge on any atom is 0.136 e. The number of furan rings is 1. The first-order valence-corrected chi connectivity index (χ1v) is 22.5. The van der Waals surface area contributed by atoms with Gasteiger partial charge in [-0.3, -0.25) is 0 Å². The maximum absolute atomic E-state index is 6.71. The topological polar surface area (TPSA) is 50.4 Å². The highest BCUT2D eigenvalue weighted by Gasteiger charge is 2.26. The first-order valence-electron chi connectivity index (χ1n) is 22.5. The van der Waals surface area contributed by atoms with Gasteiger partial charge in [-0.05, 0) is 92.9 Å². The average Bonchev–Trinajstić information content (AvgIpc) is 3.76. The largest absolute Gasteiger partial charge is 0.456 e. The van der Waals surface area contributed by atoms with Crippen LogP contribution in [0.15, 0.2) is 216 Å². The van der Waals surface area contributed by atoms with Crippen molar-refractivity contribution < 1.29 is 4.42 Å². The molecule has 11 aromatic rings. The molecule has 13 rings (SSSR count). The number of nitrogens with one attached hydrogen (secondary N) is 1. The summed E-state index contributed by atoms with van der Waals surface area (Å²) in [5.74, 6) is 0.861. The van der Waals surface area contributed by atoms with Crippen molar-refractivity contribution in [3.8, 4) is 33.5 Å². The lowest BCUT2D eigenvalue weighted by Gasteiger charge is -2.28. The van der Waals surface area contributed by atoms with Gasteiger partial charge in [-0.25, -0.2) is 9.98 Å². The molecule has 1 unspecified atom stereocenters. The van der Waals surface area contributed by atoms with E-state index in [2.05, 4.69) is 212 Å². The number of nitrogens with zero attached hydrogens (tertiary/aromatic N) is 2. The first-order chi connectivity index (χ1) is 32.2. The summed E-state index contributed by atoms with van der Waals surface area (Å²) >= 11 is 0. The van der Waals surface area contributed by atoms with Crippen LogP contribution in [0.5, 0.6) is 0 Å². The van der Waals surface area contributed by atoms with Crippen molar-refractivity contribution in [3.63, 3.8) is 0 Å². The van der Waals surface area contributed by atoms with Crippen LogP contribution in [0.1, 0.15) is 40.3 Å². The van der Waals surface area contributed by atoms with Gasteiger partial charge in [-0.2, -0.15) is 0 Å². The summed E-state index contributed by atoms with van der Waals surface area (Å²) in [5, 5.41) is 12.0. The van der Waals surface area contributed by atoms with E-state index in [0.717, 1.165) is 101 Å². The average molecular weight is 832 g/mol. The Labute approximate surface area is 376 Å². The minimum Gasteiger partial charge on any atom is -0.456 e. The Morgan fingerprint density at radius 2 is 1.15 bits per heavy atom. The lowest BCUT2D eigenvalue weighted by molar-refractivity contribution is 0.669. The molecule has 4 nitrogen and oxygen atoms in total. The van der Waals surface area contributed by atoms with E-state index in [1.54, 1.807) is 0 Å². The zero-order valence-corrected chi connectivity index (χ0v) is 35.5. The van der Waals surface area contributed by atoms with Crippen LogP contribution in [0, 0.1) is 0 Å². The van der Waals surface area contributed by atoms with E-state index in [4.69, 9.17) is 14.4 Å². The number of para-hydroxylation sites is 2. The van der Waals surface area contributed by atoms with Gasteiger partial charge < -0.3 is 9.73 Å². The van der Waals surface area contributed by atoms with E-state index >= 15 is 0 Å². The number of pyridine rings is 1. The lowest BCUT2D eigenvalue weighted by atomic mass is 9.85. The molecule has 65 heavy (non-hydrogen) atoms. The number of hydrogen-bond acceptors (Lipinski definition) is 4. The van der Waals surface area contributed by atoms with E-state index in [9.17, 15) is 0 Å². The Kier molecular flexibility index (Phi) is 8.70. The van der Waals surface area contributed by atoms with Crippen LogP contribution in [-0.4, -0.2) is 10.8 Å². The molecular weight excluding hydrogens is 791 g/mol. The third-order valence-electron chi connectivity index (χ3n) is 13.4. The molecule has 1 atom stereocenters. The van der Waals surface area contributed by atoms with Crippen LogP contribution in [0.3, 0.4) is 0 Å². The molecule has 1 N–H and O–H groups in total. The minimum absolute atomic E-state index is 0.0871. The molecule has 0 spiro atoms. The molecule has 2 aromatic heterocycles. The third kappa shape index (κ3) is 6.29. The number of rotatable bonds is 6. The zero-order valence-electron chi connectivity index (χ0n) is 35.5. The summed E-state index contributed by atoms with van der Waals surface area (Å²) in [6.07, 6.45) is 9.02. The number of aryl methyl sites for hydroxylation is 1. The van der Waals surface area contributed by atoms with Crippen molar-refractivity contribution in [1.82, 2.24) is 10.3 Å². The van der Waals surface area contributed by atoms with Crippen molar-refractivity contribution in [2.45, 2.75) is 18.9 Å². The molecule has 306 valence electrons. The predicted octanol–water partition coefficient (Wildman–Crippen LogP) is 15.5. The van der Waals surface area contributed by atoms with Crippen molar-refractivity contribution >= 4 is 72.0 Å². The molecule has 9 aromatic carbocycles. The molecule has 2 aliphatic rings. The van der Waals surface area contributed by atoms with Crippen molar-refractivity contribution in [2.75, 3.05) is 0 Å². The van der Waals surface area contributed by atoms with Crippen molar-refractivity contribution in [1.29, 1.82) is 0 Å². The van der Waals surface area contributed by atoms with E-state index in [1.165, 1.54) is 38.6 Å². The number of aromatic nitrogens is 1. The molecule has 0 radical (unpaired) electrons. The van der Waals surface area contributed by atoms with Gasteiger partial charge in [0.15, 0.2) is 0 Å². The highest BCUT2D eigenvalue weighted by atomic mass is 16.3. The van der Waals surface area contributed by atoms with Gasteiger partial charge in [0.25, 0.3) is 0 Å². The van der Waals surface area contributed by atoms with Crippen LogP contribution in [-0.2, 0) is 6.42 Å². The molecular formula is C61H41N3O. The summed E-state index contributed by atoms with van der Waals surface area (Å²) in [6.45, 7) is 0. The SMILES string of the molecule is C1=Cc2c(C3C=C(c4ccc(-c5nc6ccccc6c6c(-c7ccc(-c8ccccc8)cc7)c7c(cc56)oc5ccccc57)cc4)N=C(c4ccccc4)N3)cc3ccccc3c2CC1. The second kappa shape index (κ2) is 15.2. The van der Waals surface area contributed by atoms with E-state index in [0.29, 0.717) is 0 Å². The predicted molar refractivity (Wildman–Crippen MR) is 271 cm³/mol. The standard InChI is InChI=1S/C61H41N3O/c1-3-15-38(16-4-1)39-27-31-41(32-28-39)57-58-48-23-11-13-25-52(48)62-60(51(58)36-56-59(57)49-24-12-14-26-55(49)65-56)42-33-29-40(30-34-42)53-37-54(64-61(63-53)43-17-5-2-6-18-43)50-35-44-19-7-8-20-45(44)46-21-9-10-22-47(46)50/h1-8,10-20,22-37,54H,9,21H2,(H,63,64). The molecule has 4 heteroatoms. The third-order valence-corrected chi connectivity index (χ3v) is 13.4. The molecule has 0 fully saturated rings. The number of amidine groups is 1. The summed E-state index contributed by atoms with van der Waals surface area (Å²) in [7, 11) is 0. The fourth-order valence-electron chi connectivity index (χ4n) is 10.3. The van der Waals surface area contributed by atoms with Gasteiger partial charge in [0.2, 0.25) is 0 Å². The fourth-order valence-corrected chi connectivity index (χ4v) is 10.3. The van der Waals surface area contributed by atoms with E-state index < -0.39 is 0 Å². The normalized spacial score (nSPS) is 14.7. The van der Waals surface area contributed by atoms with E-state index in [-0.39, 0.29) is 6.04 Å². The van der Waals surface area contributed by atoms with Crippen LogP contribution in [0.2, 0.25) is 0 Å².